The van der Waals surface area contributed by atoms with Gasteiger partial charge in [-0.25, -0.2) is 0 Å². The molecule has 1 rings (SSSR count). The SMILES string of the molecule is CC(=O)N1CC(Cl)C(CO)C1C. The fourth-order valence-corrected chi connectivity index (χ4v) is 2.14. The van der Waals surface area contributed by atoms with Gasteiger partial charge in [0.2, 0.25) is 5.91 Å². The molecule has 0 aromatic carbocycles. The van der Waals surface area contributed by atoms with Crippen LogP contribution in [0.4, 0.5) is 0 Å². The molecule has 3 nitrogen and oxygen atoms in total. The summed E-state index contributed by atoms with van der Waals surface area (Å²) in [5, 5.41) is 8.88. The quantitative estimate of drug-likeness (QED) is 0.612. The van der Waals surface area contributed by atoms with E-state index in [0.29, 0.717) is 6.54 Å². The first-order chi connectivity index (χ1) is 5.57. The van der Waals surface area contributed by atoms with Crippen LogP contribution < -0.4 is 0 Å². The Bertz CT molecular complexity index is 186. The number of hydrogen-bond acceptors (Lipinski definition) is 2. The number of carbonyl (C=O) groups is 1. The average molecular weight is 192 g/mol. The molecular formula is C8H14ClNO2. The standard InChI is InChI=1S/C8H14ClNO2/c1-5-7(4-11)8(9)3-10(5)6(2)12/h5,7-8,11H,3-4H2,1-2H3. The number of nitrogens with zero attached hydrogens (tertiary/aromatic N) is 1. The molecule has 0 bridgehead atoms. The van der Waals surface area contributed by atoms with Crippen LogP contribution in [0.3, 0.4) is 0 Å². The van der Waals surface area contributed by atoms with Crippen LogP contribution in [-0.2, 0) is 4.79 Å². The van der Waals surface area contributed by atoms with Crippen molar-refractivity contribution in [1.82, 2.24) is 4.90 Å². The molecule has 12 heavy (non-hydrogen) atoms. The van der Waals surface area contributed by atoms with E-state index in [0.717, 1.165) is 0 Å². The number of alkyl halides is 1. The van der Waals surface area contributed by atoms with Gasteiger partial charge in [-0.05, 0) is 6.92 Å². The molecule has 1 aliphatic heterocycles. The summed E-state index contributed by atoms with van der Waals surface area (Å²) >= 11 is 5.96. The third-order valence-corrected chi connectivity index (χ3v) is 3.02. The molecule has 0 aromatic rings. The molecule has 1 amide bonds. The molecule has 4 heteroatoms. The Morgan fingerprint density at radius 1 is 1.75 bits per heavy atom. The van der Waals surface area contributed by atoms with Crippen molar-refractivity contribution in [2.45, 2.75) is 25.3 Å². The first kappa shape index (κ1) is 9.81. The minimum atomic E-state index is -0.103. The summed E-state index contributed by atoms with van der Waals surface area (Å²) < 4.78 is 0. The molecule has 70 valence electrons. The number of hydrogen-bond donors (Lipinski definition) is 1. The van der Waals surface area contributed by atoms with E-state index in [1.54, 1.807) is 4.90 Å². The number of halogens is 1. The van der Waals surface area contributed by atoms with E-state index in [-0.39, 0.29) is 29.9 Å². The van der Waals surface area contributed by atoms with Gasteiger partial charge in [0.15, 0.2) is 0 Å². The maximum Gasteiger partial charge on any atom is 0.219 e. The zero-order chi connectivity index (χ0) is 9.30. The Morgan fingerprint density at radius 3 is 2.58 bits per heavy atom. The largest absolute Gasteiger partial charge is 0.396 e. The second-order valence-corrected chi connectivity index (χ2v) is 3.83. The molecule has 1 N–H and O–H groups in total. The summed E-state index contributed by atoms with van der Waals surface area (Å²) in [6.45, 7) is 4.06. The third-order valence-electron chi connectivity index (χ3n) is 2.56. The molecule has 3 atom stereocenters. The summed E-state index contributed by atoms with van der Waals surface area (Å²) in [6.07, 6.45) is 0. The lowest BCUT2D eigenvalue weighted by atomic mass is 10.0. The lowest BCUT2D eigenvalue weighted by Gasteiger charge is -2.21. The number of aliphatic hydroxyl groups is 1. The van der Waals surface area contributed by atoms with E-state index < -0.39 is 0 Å². The normalized spacial score (nSPS) is 35.7. The smallest absolute Gasteiger partial charge is 0.219 e. The van der Waals surface area contributed by atoms with Gasteiger partial charge in [-0.3, -0.25) is 4.79 Å². The molecule has 0 spiro atoms. The molecule has 1 aliphatic rings. The number of likely N-dealkylation sites (tertiary alicyclic amines) is 1. The summed E-state index contributed by atoms with van der Waals surface area (Å²) in [7, 11) is 0. The highest BCUT2D eigenvalue weighted by Crippen LogP contribution is 2.27. The molecule has 1 fully saturated rings. The molecular weight excluding hydrogens is 178 g/mol. The molecule has 0 aromatic heterocycles. The van der Waals surface area contributed by atoms with Crippen molar-refractivity contribution in [3.8, 4) is 0 Å². The van der Waals surface area contributed by atoms with Gasteiger partial charge in [0.25, 0.3) is 0 Å². The third kappa shape index (κ3) is 1.57. The predicted molar refractivity (Wildman–Crippen MR) is 47.1 cm³/mol. The second-order valence-electron chi connectivity index (χ2n) is 3.27. The maximum atomic E-state index is 11.0. The second kappa shape index (κ2) is 3.62. The highest BCUT2D eigenvalue weighted by Gasteiger charge is 2.38. The van der Waals surface area contributed by atoms with Crippen molar-refractivity contribution >= 4 is 17.5 Å². The lowest BCUT2D eigenvalue weighted by molar-refractivity contribution is -0.129. The van der Waals surface area contributed by atoms with Gasteiger partial charge in [0.05, 0.1) is 5.38 Å². The Labute approximate surface area is 77.3 Å². The average Bonchev–Trinajstić information content (AvgIpc) is 2.27. The van der Waals surface area contributed by atoms with Gasteiger partial charge in [-0.1, -0.05) is 0 Å². The van der Waals surface area contributed by atoms with Crippen molar-refractivity contribution in [3.63, 3.8) is 0 Å². The minimum Gasteiger partial charge on any atom is -0.396 e. The number of aliphatic hydroxyl groups excluding tert-OH is 1. The predicted octanol–water partition coefficient (Wildman–Crippen LogP) is 0.453. The van der Waals surface area contributed by atoms with E-state index in [2.05, 4.69) is 0 Å². The fraction of sp³-hybridized carbons (Fsp3) is 0.875. The van der Waals surface area contributed by atoms with Crippen molar-refractivity contribution in [1.29, 1.82) is 0 Å². The Hall–Kier alpha value is -0.280. The molecule has 0 aliphatic carbocycles. The minimum absolute atomic E-state index is 0.0237. The van der Waals surface area contributed by atoms with Crippen molar-refractivity contribution < 1.29 is 9.90 Å². The van der Waals surface area contributed by atoms with E-state index in [1.165, 1.54) is 6.92 Å². The van der Waals surface area contributed by atoms with E-state index in [9.17, 15) is 4.79 Å². The fourth-order valence-electron chi connectivity index (χ4n) is 1.71. The van der Waals surface area contributed by atoms with Crippen LogP contribution in [0.2, 0.25) is 0 Å². The van der Waals surface area contributed by atoms with Crippen LogP contribution in [0.15, 0.2) is 0 Å². The summed E-state index contributed by atoms with van der Waals surface area (Å²) in [4.78, 5) is 12.8. The Kier molecular flexibility index (Phi) is 2.96. The van der Waals surface area contributed by atoms with Crippen LogP contribution in [-0.4, -0.2) is 40.5 Å². The topological polar surface area (TPSA) is 40.5 Å². The molecule has 1 saturated heterocycles. The van der Waals surface area contributed by atoms with Gasteiger partial charge >= 0.3 is 0 Å². The van der Waals surface area contributed by atoms with E-state index in [4.69, 9.17) is 16.7 Å². The van der Waals surface area contributed by atoms with Gasteiger partial charge in [-0.2, -0.15) is 0 Å². The number of amides is 1. The molecule has 0 saturated carbocycles. The van der Waals surface area contributed by atoms with Crippen LogP contribution in [0.1, 0.15) is 13.8 Å². The maximum absolute atomic E-state index is 11.0. The Balaban J connectivity index is 2.68. The van der Waals surface area contributed by atoms with Crippen LogP contribution >= 0.6 is 11.6 Å². The van der Waals surface area contributed by atoms with E-state index in [1.807, 2.05) is 6.92 Å². The van der Waals surface area contributed by atoms with Gasteiger partial charge < -0.3 is 10.0 Å². The first-order valence-corrected chi connectivity index (χ1v) is 4.53. The highest BCUT2D eigenvalue weighted by molar-refractivity contribution is 6.21. The highest BCUT2D eigenvalue weighted by atomic mass is 35.5. The zero-order valence-corrected chi connectivity index (χ0v) is 8.08. The monoisotopic (exact) mass is 191 g/mol. The van der Waals surface area contributed by atoms with Gasteiger partial charge in [0, 0.05) is 32.0 Å². The lowest BCUT2D eigenvalue weighted by Crippen LogP contribution is -2.34. The molecule has 3 unspecified atom stereocenters. The summed E-state index contributed by atoms with van der Waals surface area (Å²) in [5.41, 5.74) is 0. The van der Waals surface area contributed by atoms with Crippen molar-refractivity contribution in [2.75, 3.05) is 13.2 Å². The first-order valence-electron chi connectivity index (χ1n) is 4.10. The zero-order valence-electron chi connectivity index (χ0n) is 7.33. The van der Waals surface area contributed by atoms with Gasteiger partial charge in [-0.15, -0.1) is 11.6 Å². The summed E-state index contributed by atoms with van der Waals surface area (Å²) in [5.74, 6) is 0.0552. The number of carbonyl (C=O) groups excluding carboxylic acids is 1. The van der Waals surface area contributed by atoms with Crippen molar-refractivity contribution in [3.05, 3.63) is 0 Å². The van der Waals surface area contributed by atoms with Crippen LogP contribution in [0.5, 0.6) is 0 Å². The van der Waals surface area contributed by atoms with Gasteiger partial charge in [0.1, 0.15) is 0 Å². The number of rotatable bonds is 1. The Morgan fingerprint density at radius 2 is 2.33 bits per heavy atom. The molecule has 0 radical (unpaired) electrons. The van der Waals surface area contributed by atoms with E-state index >= 15 is 0 Å². The van der Waals surface area contributed by atoms with Crippen molar-refractivity contribution in [2.24, 2.45) is 5.92 Å². The summed E-state index contributed by atoms with van der Waals surface area (Å²) in [6, 6.07) is 0.0648. The van der Waals surface area contributed by atoms with Crippen LogP contribution in [0, 0.1) is 5.92 Å². The molecule has 1 heterocycles. The van der Waals surface area contributed by atoms with Crippen LogP contribution in [0.25, 0.3) is 0 Å².